The molecule has 1 heterocycles. The molecule has 2 atom stereocenters. The summed E-state index contributed by atoms with van der Waals surface area (Å²) in [4.78, 5) is 12.0. The molecule has 1 aliphatic heterocycles. The minimum Gasteiger partial charge on any atom is -0.469 e. The second-order valence-electron chi connectivity index (χ2n) is 6.94. The molecule has 1 aliphatic carbocycles. The maximum atomic E-state index is 13.6. The summed E-state index contributed by atoms with van der Waals surface area (Å²) in [6.07, 6.45) is 3.15. The van der Waals surface area contributed by atoms with Crippen LogP contribution in [-0.4, -0.2) is 37.6 Å². The third-order valence-electron chi connectivity index (χ3n) is 5.44. The van der Waals surface area contributed by atoms with Crippen molar-refractivity contribution >= 4 is 16.0 Å². The van der Waals surface area contributed by atoms with Crippen molar-refractivity contribution in [3.8, 4) is 0 Å². The van der Waals surface area contributed by atoms with Gasteiger partial charge in [0.1, 0.15) is 5.82 Å². The third-order valence-corrected chi connectivity index (χ3v) is 7.80. The fourth-order valence-electron chi connectivity index (χ4n) is 4.08. The zero-order valence-corrected chi connectivity index (χ0v) is 15.4. The molecule has 138 valence electrons. The van der Waals surface area contributed by atoms with Crippen LogP contribution in [0.2, 0.25) is 0 Å². The lowest BCUT2D eigenvalue weighted by Gasteiger charge is -2.36. The number of carbonyl (C=O) groups excluding carboxylic acids is 1. The number of nitrogens with zero attached hydrogens (tertiary/aromatic N) is 1. The lowest BCUT2D eigenvalue weighted by molar-refractivity contribution is -0.146. The number of methoxy groups -OCH3 is 1. The van der Waals surface area contributed by atoms with E-state index in [-0.39, 0.29) is 12.4 Å². The molecule has 3 rings (SSSR count). The summed E-state index contributed by atoms with van der Waals surface area (Å²) < 4.78 is 46.3. The van der Waals surface area contributed by atoms with Crippen LogP contribution in [0.25, 0.3) is 0 Å². The maximum Gasteiger partial charge on any atom is 0.310 e. The van der Waals surface area contributed by atoms with Crippen molar-refractivity contribution in [3.05, 3.63) is 34.6 Å². The fourth-order valence-corrected chi connectivity index (χ4v) is 6.24. The number of carbonyl (C=O) groups is 1. The van der Waals surface area contributed by atoms with Crippen molar-refractivity contribution in [3.63, 3.8) is 0 Å². The van der Waals surface area contributed by atoms with Crippen LogP contribution in [0, 0.1) is 18.7 Å². The van der Waals surface area contributed by atoms with E-state index in [4.69, 9.17) is 4.74 Å². The quantitative estimate of drug-likeness (QED) is 0.768. The van der Waals surface area contributed by atoms with Gasteiger partial charge in [-0.05, 0) is 55.0 Å². The molecule has 0 N–H and O–H groups in total. The van der Waals surface area contributed by atoms with Crippen molar-refractivity contribution in [1.29, 1.82) is 0 Å². The number of hydrogen-bond acceptors (Lipinski definition) is 4. The molecule has 5 nitrogen and oxygen atoms in total. The average Bonchev–Trinajstić information content (AvgIpc) is 2.60. The van der Waals surface area contributed by atoms with Gasteiger partial charge < -0.3 is 4.74 Å². The number of aryl methyl sites for hydroxylation is 1. The highest BCUT2D eigenvalue weighted by Crippen LogP contribution is 2.34. The van der Waals surface area contributed by atoms with E-state index in [1.807, 2.05) is 0 Å². The Balaban J connectivity index is 1.88. The molecule has 2 unspecified atom stereocenters. The molecule has 0 saturated heterocycles. The lowest BCUT2D eigenvalue weighted by Crippen LogP contribution is -2.47. The average molecular weight is 369 g/mol. The van der Waals surface area contributed by atoms with Crippen molar-refractivity contribution < 1.29 is 22.3 Å². The molecular formula is C18H24FNO4S. The maximum absolute atomic E-state index is 13.6. The fraction of sp³-hybridized carbons (Fsp3) is 0.611. The summed E-state index contributed by atoms with van der Waals surface area (Å²) in [6, 6.07) is 2.93. The first-order chi connectivity index (χ1) is 11.8. The van der Waals surface area contributed by atoms with E-state index in [1.54, 1.807) is 6.92 Å². The first-order valence-corrected chi connectivity index (χ1v) is 10.2. The summed E-state index contributed by atoms with van der Waals surface area (Å²) in [5, 5.41) is -0.726. The molecule has 2 aliphatic rings. The van der Waals surface area contributed by atoms with Gasteiger partial charge in [0.05, 0.1) is 18.3 Å². The second-order valence-corrected chi connectivity index (χ2v) is 9.09. The van der Waals surface area contributed by atoms with Gasteiger partial charge in [-0.15, -0.1) is 0 Å². The van der Waals surface area contributed by atoms with Crippen molar-refractivity contribution in [1.82, 2.24) is 4.31 Å². The Kier molecular flexibility index (Phi) is 5.16. The Hall–Kier alpha value is -1.47. The van der Waals surface area contributed by atoms with Gasteiger partial charge in [0.15, 0.2) is 0 Å². The molecule has 0 aromatic heterocycles. The smallest absolute Gasteiger partial charge is 0.310 e. The molecule has 25 heavy (non-hydrogen) atoms. The molecular weight excluding hydrogens is 345 g/mol. The molecule has 0 spiro atoms. The van der Waals surface area contributed by atoms with Crippen molar-refractivity contribution in [2.24, 2.45) is 5.92 Å². The largest absolute Gasteiger partial charge is 0.469 e. The molecule has 1 fully saturated rings. The van der Waals surface area contributed by atoms with Gasteiger partial charge in [-0.25, -0.2) is 12.8 Å². The number of esters is 1. The molecule has 7 heteroatoms. The van der Waals surface area contributed by atoms with E-state index in [2.05, 4.69) is 0 Å². The monoisotopic (exact) mass is 369 g/mol. The normalized spacial score (nSPS) is 24.6. The number of ether oxygens (including phenoxy) is 1. The highest BCUT2D eigenvalue weighted by molar-refractivity contribution is 7.89. The van der Waals surface area contributed by atoms with Crippen LogP contribution in [-0.2, 0) is 32.5 Å². The Bertz CT molecular complexity index is 778. The summed E-state index contributed by atoms with van der Waals surface area (Å²) >= 11 is 0. The number of sulfonamides is 1. The summed E-state index contributed by atoms with van der Waals surface area (Å²) in [6.45, 7) is 2.37. The minimum absolute atomic E-state index is 0.244. The second kappa shape index (κ2) is 7.03. The molecule has 0 amide bonds. The zero-order chi connectivity index (χ0) is 18.2. The molecule has 0 bridgehead atoms. The zero-order valence-electron chi connectivity index (χ0n) is 14.6. The van der Waals surface area contributed by atoms with Crippen LogP contribution < -0.4 is 0 Å². The van der Waals surface area contributed by atoms with Gasteiger partial charge in [-0.2, -0.15) is 4.31 Å². The van der Waals surface area contributed by atoms with E-state index < -0.39 is 27.2 Å². The predicted molar refractivity (Wildman–Crippen MR) is 91.9 cm³/mol. The highest BCUT2D eigenvalue weighted by Gasteiger charge is 2.43. The standard InChI is InChI=1S/C18H24FNO4S/c1-12-9-14(19)10-13-7-8-20(11-16(12)13)25(22,23)17-6-4-3-5-15(17)18(21)24-2/h9-10,15,17H,3-8,11H2,1-2H3. The van der Waals surface area contributed by atoms with Gasteiger partial charge in [0, 0.05) is 13.1 Å². The first-order valence-electron chi connectivity index (χ1n) is 8.69. The van der Waals surface area contributed by atoms with Gasteiger partial charge in [0.25, 0.3) is 0 Å². The van der Waals surface area contributed by atoms with Gasteiger partial charge in [-0.1, -0.05) is 12.8 Å². The highest BCUT2D eigenvalue weighted by atomic mass is 32.2. The topological polar surface area (TPSA) is 63.7 Å². The summed E-state index contributed by atoms with van der Waals surface area (Å²) in [5.41, 5.74) is 2.52. The number of benzene rings is 1. The first kappa shape index (κ1) is 18.3. The number of hydrogen-bond donors (Lipinski definition) is 0. The van der Waals surface area contributed by atoms with Crippen LogP contribution >= 0.6 is 0 Å². The molecule has 1 saturated carbocycles. The Morgan fingerprint density at radius 3 is 2.72 bits per heavy atom. The van der Waals surface area contributed by atoms with Crippen LogP contribution in [0.4, 0.5) is 4.39 Å². The van der Waals surface area contributed by atoms with E-state index in [9.17, 15) is 17.6 Å². The van der Waals surface area contributed by atoms with Crippen LogP contribution in [0.5, 0.6) is 0 Å². The number of fused-ring (bicyclic) bond motifs is 1. The number of halogens is 1. The van der Waals surface area contributed by atoms with Gasteiger partial charge >= 0.3 is 5.97 Å². The van der Waals surface area contributed by atoms with E-state index >= 15 is 0 Å². The Labute approximate surface area is 148 Å². The van der Waals surface area contributed by atoms with E-state index in [0.29, 0.717) is 25.8 Å². The molecule has 1 aromatic rings. The third kappa shape index (κ3) is 3.44. The lowest BCUT2D eigenvalue weighted by atomic mass is 9.89. The van der Waals surface area contributed by atoms with Crippen molar-refractivity contribution in [2.45, 2.75) is 50.8 Å². The van der Waals surface area contributed by atoms with Crippen LogP contribution in [0.15, 0.2) is 12.1 Å². The SMILES string of the molecule is COC(=O)C1CCCCC1S(=O)(=O)N1CCc2cc(F)cc(C)c2C1. The molecule has 0 radical (unpaired) electrons. The van der Waals surface area contributed by atoms with E-state index in [0.717, 1.165) is 29.5 Å². The van der Waals surface area contributed by atoms with Gasteiger partial charge in [0.2, 0.25) is 10.0 Å². The number of rotatable bonds is 3. The van der Waals surface area contributed by atoms with Gasteiger partial charge in [-0.3, -0.25) is 4.79 Å². The molecule has 1 aromatic carbocycles. The van der Waals surface area contributed by atoms with Crippen LogP contribution in [0.3, 0.4) is 0 Å². The minimum atomic E-state index is -3.62. The van der Waals surface area contributed by atoms with Crippen LogP contribution in [0.1, 0.15) is 42.4 Å². The summed E-state index contributed by atoms with van der Waals surface area (Å²) in [5.74, 6) is -1.33. The van der Waals surface area contributed by atoms with E-state index in [1.165, 1.54) is 23.5 Å². The Morgan fingerprint density at radius 1 is 1.28 bits per heavy atom. The Morgan fingerprint density at radius 2 is 2.00 bits per heavy atom. The van der Waals surface area contributed by atoms with Crippen molar-refractivity contribution in [2.75, 3.05) is 13.7 Å². The summed E-state index contributed by atoms with van der Waals surface area (Å²) in [7, 11) is -2.32. The predicted octanol–water partition coefficient (Wildman–Crippen LogP) is 2.55.